The fourth-order valence-electron chi connectivity index (χ4n) is 2.22. The number of hydrogen-bond acceptors (Lipinski definition) is 3. The van der Waals surface area contributed by atoms with Gasteiger partial charge in [-0.1, -0.05) is 18.2 Å². The molecule has 0 atom stereocenters. The third-order valence-corrected chi connectivity index (χ3v) is 3.33. The molecule has 4 nitrogen and oxygen atoms in total. The van der Waals surface area contributed by atoms with Gasteiger partial charge in [-0.2, -0.15) is 0 Å². The first-order valence-corrected chi connectivity index (χ1v) is 6.81. The van der Waals surface area contributed by atoms with E-state index >= 15 is 0 Å². The molecule has 2 aromatic rings. The molecule has 21 heavy (non-hydrogen) atoms. The summed E-state index contributed by atoms with van der Waals surface area (Å²) in [5, 5.41) is 12.2. The third kappa shape index (κ3) is 3.75. The van der Waals surface area contributed by atoms with Gasteiger partial charge in [0.25, 0.3) is 5.91 Å². The zero-order chi connectivity index (χ0) is 15.2. The Kier molecular flexibility index (Phi) is 4.82. The van der Waals surface area contributed by atoms with E-state index in [4.69, 9.17) is 4.74 Å². The van der Waals surface area contributed by atoms with Crippen molar-refractivity contribution in [2.24, 2.45) is 0 Å². The molecule has 0 heterocycles. The highest BCUT2D eigenvalue weighted by molar-refractivity contribution is 5.95. The number of nitrogens with one attached hydrogen (secondary N) is 1. The minimum atomic E-state index is -0.137. The van der Waals surface area contributed by atoms with Crippen LogP contribution in [0.25, 0.3) is 0 Å². The second kappa shape index (κ2) is 6.79. The number of para-hydroxylation sites is 1. The van der Waals surface area contributed by atoms with Gasteiger partial charge in [-0.25, -0.2) is 0 Å². The lowest BCUT2D eigenvalue weighted by Gasteiger charge is -2.10. The average Bonchev–Trinajstić information content (AvgIpc) is 2.47. The number of benzene rings is 2. The molecule has 0 aromatic heterocycles. The monoisotopic (exact) mass is 285 g/mol. The Morgan fingerprint density at radius 2 is 2.00 bits per heavy atom. The molecule has 4 heteroatoms. The van der Waals surface area contributed by atoms with Crippen molar-refractivity contribution in [2.75, 3.05) is 13.7 Å². The van der Waals surface area contributed by atoms with Gasteiger partial charge in [-0.3, -0.25) is 4.79 Å². The predicted octanol–water partition coefficient (Wildman–Crippen LogP) is 2.68. The number of phenols is 1. The third-order valence-electron chi connectivity index (χ3n) is 3.33. The summed E-state index contributed by atoms with van der Waals surface area (Å²) < 4.78 is 5.28. The van der Waals surface area contributed by atoms with Gasteiger partial charge in [0.05, 0.1) is 7.11 Å². The van der Waals surface area contributed by atoms with E-state index in [1.54, 1.807) is 26.2 Å². The molecule has 2 rings (SSSR count). The van der Waals surface area contributed by atoms with Crippen LogP contribution in [-0.2, 0) is 6.42 Å². The Hall–Kier alpha value is -2.49. The van der Waals surface area contributed by atoms with E-state index in [0.29, 0.717) is 18.5 Å². The number of methoxy groups -OCH3 is 1. The van der Waals surface area contributed by atoms with Crippen molar-refractivity contribution in [3.8, 4) is 11.5 Å². The summed E-state index contributed by atoms with van der Waals surface area (Å²) in [5.41, 5.74) is 2.39. The largest absolute Gasteiger partial charge is 0.508 e. The van der Waals surface area contributed by atoms with E-state index < -0.39 is 0 Å². The first-order chi connectivity index (χ1) is 10.1. The zero-order valence-electron chi connectivity index (χ0n) is 12.2. The topological polar surface area (TPSA) is 58.6 Å². The van der Waals surface area contributed by atoms with E-state index in [1.165, 1.54) is 6.07 Å². The van der Waals surface area contributed by atoms with Gasteiger partial charge in [0.1, 0.15) is 11.5 Å². The lowest BCUT2D eigenvalue weighted by Crippen LogP contribution is -2.26. The van der Waals surface area contributed by atoms with Crippen molar-refractivity contribution in [1.29, 1.82) is 0 Å². The van der Waals surface area contributed by atoms with E-state index in [9.17, 15) is 9.90 Å². The number of carbonyl (C=O) groups excluding carboxylic acids is 1. The molecule has 1 amide bonds. The van der Waals surface area contributed by atoms with Gasteiger partial charge >= 0.3 is 0 Å². The van der Waals surface area contributed by atoms with Crippen LogP contribution in [0.4, 0.5) is 0 Å². The highest BCUT2D eigenvalue weighted by atomic mass is 16.5. The molecule has 0 bridgehead atoms. The lowest BCUT2D eigenvalue weighted by molar-refractivity contribution is 0.0953. The van der Waals surface area contributed by atoms with Crippen LogP contribution in [0, 0.1) is 6.92 Å². The van der Waals surface area contributed by atoms with Gasteiger partial charge < -0.3 is 15.2 Å². The SMILES string of the molecule is COc1ccccc1CCNC(=O)c1ccc(O)cc1C. The van der Waals surface area contributed by atoms with Crippen LogP contribution in [0.5, 0.6) is 11.5 Å². The Morgan fingerprint density at radius 3 is 2.71 bits per heavy atom. The summed E-state index contributed by atoms with van der Waals surface area (Å²) in [4.78, 5) is 12.1. The van der Waals surface area contributed by atoms with Crippen LogP contribution < -0.4 is 10.1 Å². The molecule has 0 aliphatic heterocycles. The van der Waals surface area contributed by atoms with Crippen molar-refractivity contribution < 1.29 is 14.6 Å². The predicted molar refractivity (Wildman–Crippen MR) is 81.9 cm³/mol. The van der Waals surface area contributed by atoms with Gasteiger partial charge in [0.2, 0.25) is 0 Å². The molecule has 0 saturated heterocycles. The normalized spacial score (nSPS) is 10.2. The van der Waals surface area contributed by atoms with Gasteiger partial charge in [0.15, 0.2) is 0 Å². The molecule has 0 aliphatic rings. The van der Waals surface area contributed by atoms with Crippen LogP contribution in [0.2, 0.25) is 0 Å². The number of rotatable bonds is 5. The highest BCUT2D eigenvalue weighted by Crippen LogP contribution is 2.18. The number of aromatic hydroxyl groups is 1. The summed E-state index contributed by atoms with van der Waals surface area (Å²) in [6, 6.07) is 12.5. The molecule has 2 N–H and O–H groups in total. The Morgan fingerprint density at radius 1 is 1.24 bits per heavy atom. The molecule has 0 fully saturated rings. The molecular weight excluding hydrogens is 266 g/mol. The van der Waals surface area contributed by atoms with Crippen LogP contribution in [0.1, 0.15) is 21.5 Å². The standard InChI is InChI=1S/C17H19NO3/c1-12-11-14(19)7-8-15(12)17(20)18-10-9-13-5-3-4-6-16(13)21-2/h3-8,11,19H,9-10H2,1-2H3,(H,18,20). The van der Waals surface area contributed by atoms with Gasteiger partial charge in [-0.15, -0.1) is 0 Å². The average molecular weight is 285 g/mol. The van der Waals surface area contributed by atoms with Crippen LogP contribution >= 0.6 is 0 Å². The fourth-order valence-corrected chi connectivity index (χ4v) is 2.22. The minimum absolute atomic E-state index is 0.137. The number of phenolic OH excluding ortho intramolecular Hbond substituents is 1. The van der Waals surface area contributed by atoms with Crippen molar-refractivity contribution in [3.63, 3.8) is 0 Å². The molecule has 0 radical (unpaired) electrons. The van der Waals surface area contributed by atoms with Crippen LogP contribution in [0.15, 0.2) is 42.5 Å². The van der Waals surface area contributed by atoms with E-state index in [1.807, 2.05) is 24.3 Å². The number of amides is 1. The smallest absolute Gasteiger partial charge is 0.251 e. The number of ether oxygens (including phenoxy) is 1. The maximum atomic E-state index is 12.1. The summed E-state index contributed by atoms with van der Waals surface area (Å²) in [6.45, 7) is 2.33. The number of hydrogen-bond donors (Lipinski definition) is 2. The zero-order valence-corrected chi connectivity index (χ0v) is 12.2. The number of carbonyl (C=O) groups is 1. The Bertz CT molecular complexity index is 638. The molecule has 0 spiro atoms. The van der Waals surface area contributed by atoms with Crippen molar-refractivity contribution >= 4 is 5.91 Å². The van der Waals surface area contributed by atoms with E-state index in [0.717, 1.165) is 16.9 Å². The highest BCUT2D eigenvalue weighted by Gasteiger charge is 2.09. The molecule has 110 valence electrons. The Balaban J connectivity index is 1.95. The fraction of sp³-hybridized carbons (Fsp3) is 0.235. The molecule has 0 unspecified atom stereocenters. The van der Waals surface area contributed by atoms with Crippen molar-refractivity contribution in [3.05, 3.63) is 59.2 Å². The molecule has 0 saturated carbocycles. The lowest BCUT2D eigenvalue weighted by atomic mass is 10.1. The van der Waals surface area contributed by atoms with Crippen LogP contribution in [-0.4, -0.2) is 24.7 Å². The van der Waals surface area contributed by atoms with Gasteiger partial charge in [-0.05, 0) is 48.7 Å². The first kappa shape index (κ1) is 14.9. The van der Waals surface area contributed by atoms with E-state index in [2.05, 4.69) is 5.32 Å². The molecular formula is C17H19NO3. The Labute approximate surface area is 124 Å². The maximum Gasteiger partial charge on any atom is 0.251 e. The quantitative estimate of drug-likeness (QED) is 0.888. The van der Waals surface area contributed by atoms with Crippen LogP contribution in [0.3, 0.4) is 0 Å². The van der Waals surface area contributed by atoms with Crippen molar-refractivity contribution in [1.82, 2.24) is 5.32 Å². The van der Waals surface area contributed by atoms with Crippen molar-refractivity contribution in [2.45, 2.75) is 13.3 Å². The number of aryl methyl sites for hydroxylation is 1. The summed E-state index contributed by atoms with van der Waals surface area (Å²) in [6.07, 6.45) is 0.701. The van der Waals surface area contributed by atoms with E-state index in [-0.39, 0.29) is 11.7 Å². The summed E-state index contributed by atoms with van der Waals surface area (Å²) >= 11 is 0. The molecule has 2 aromatic carbocycles. The minimum Gasteiger partial charge on any atom is -0.508 e. The summed E-state index contributed by atoms with van der Waals surface area (Å²) in [5.74, 6) is 0.855. The first-order valence-electron chi connectivity index (χ1n) is 6.81. The second-order valence-electron chi connectivity index (χ2n) is 4.82. The summed E-state index contributed by atoms with van der Waals surface area (Å²) in [7, 11) is 1.64. The van der Waals surface area contributed by atoms with Gasteiger partial charge in [0, 0.05) is 12.1 Å². The maximum absolute atomic E-state index is 12.1. The molecule has 0 aliphatic carbocycles. The second-order valence-corrected chi connectivity index (χ2v) is 4.82.